The average molecular weight is 449 g/mol. The van der Waals surface area contributed by atoms with Gasteiger partial charge in [-0.05, 0) is 41.9 Å². The molecule has 1 aromatic rings. The minimum Gasteiger partial charge on any atom is -0.496 e. The zero-order valence-corrected chi connectivity index (χ0v) is 20.1. The van der Waals surface area contributed by atoms with Crippen molar-refractivity contribution in [3.05, 3.63) is 29.3 Å². The van der Waals surface area contributed by atoms with Crippen LogP contribution in [0.2, 0.25) is 0 Å². The van der Waals surface area contributed by atoms with Crippen LogP contribution in [0.4, 0.5) is 0 Å². The number of benzene rings is 1. The molecule has 0 aliphatic carbocycles. The Morgan fingerprint density at radius 2 is 1.88 bits per heavy atom. The van der Waals surface area contributed by atoms with Gasteiger partial charge in [-0.3, -0.25) is 9.59 Å². The molecule has 8 nitrogen and oxygen atoms in total. The zero-order valence-electron chi connectivity index (χ0n) is 20.1. The van der Waals surface area contributed by atoms with E-state index >= 15 is 0 Å². The van der Waals surface area contributed by atoms with Crippen LogP contribution < -0.4 is 10.5 Å². The number of carbonyl (C=O) groups is 3. The quantitative estimate of drug-likeness (QED) is 0.631. The van der Waals surface area contributed by atoms with E-state index in [1.165, 1.54) is 19.1 Å². The number of rotatable bonds is 8. The zero-order chi connectivity index (χ0) is 24.4. The second-order valence-electron chi connectivity index (χ2n) is 10.0. The van der Waals surface area contributed by atoms with Gasteiger partial charge in [0.1, 0.15) is 17.3 Å². The lowest BCUT2D eigenvalue weighted by atomic mass is 9.83. The molecule has 8 heteroatoms. The standard InChI is InChI=1S/C24H36N2O6/c1-14(2)11-24(22(29)30)12-16(13-31-6)19(20(25)27)26(24)21(28)15-8-9-17(23(3,4)5)18(10-15)32-7/h8-10,14,16,19H,11-13H2,1-7H3,(H2,25,27)(H,29,30)/t16-,19-,24+/m1/s1. The molecule has 2 amide bonds. The molecule has 0 aromatic heterocycles. The van der Waals surface area contributed by atoms with E-state index in [2.05, 4.69) is 0 Å². The van der Waals surface area contributed by atoms with Crippen LogP contribution in [0, 0.1) is 11.8 Å². The number of methoxy groups -OCH3 is 2. The van der Waals surface area contributed by atoms with Crippen LogP contribution >= 0.6 is 0 Å². The van der Waals surface area contributed by atoms with E-state index < -0.39 is 35.3 Å². The number of likely N-dealkylation sites (tertiary alicyclic amines) is 1. The van der Waals surface area contributed by atoms with E-state index in [0.717, 1.165) is 5.56 Å². The van der Waals surface area contributed by atoms with Crippen LogP contribution in [-0.4, -0.2) is 60.2 Å². The highest BCUT2D eigenvalue weighted by Gasteiger charge is 2.60. The number of carboxylic acids is 1. The molecule has 1 aromatic carbocycles. The van der Waals surface area contributed by atoms with Crippen molar-refractivity contribution in [2.45, 2.75) is 64.5 Å². The van der Waals surface area contributed by atoms with Crippen LogP contribution in [0.15, 0.2) is 18.2 Å². The molecule has 1 saturated heterocycles. The predicted molar refractivity (Wildman–Crippen MR) is 121 cm³/mol. The number of nitrogens with zero attached hydrogens (tertiary/aromatic N) is 1. The molecule has 3 atom stereocenters. The highest BCUT2D eigenvalue weighted by atomic mass is 16.5. The number of hydrogen-bond donors (Lipinski definition) is 2. The van der Waals surface area contributed by atoms with Crippen molar-refractivity contribution in [2.75, 3.05) is 20.8 Å². The van der Waals surface area contributed by atoms with Crippen LogP contribution in [0.25, 0.3) is 0 Å². The smallest absolute Gasteiger partial charge is 0.329 e. The lowest BCUT2D eigenvalue weighted by molar-refractivity contribution is -0.150. The van der Waals surface area contributed by atoms with E-state index in [0.29, 0.717) is 5.75 Å². The number of hydrogen-bond acceptors (Lipinski definition) is 5. The first kappa shape index (κ1) is 25.6. The van der Waals surface area contributed by atoms with Crippen LogP contribution in [0.1, 0.15) is 63.4 Å². The van der Waals surface area contributed by atoms with Crippen molar-refractivity contribution in [3.63, 3.8) is 0 Å². The molecule has 1 aliphatic rings. The molecule has 3 N–H and O–H groups in total. The van der Waals surface area contributed by atoms with E-state index in [-0.39, 0.29) is 36.3 Å². The van der Waals surface area contributed by atoms with Gasteiger partial charge in [-0.25, -0.2) is 4.79 Å². The summed E-state index contributed by atoms with van der Waals surface area (Å²) in [6.07, 6.45) is 0.278. The molecule has 0 spiro atoms. The average Bonchev–Trinajstić information content (AvgIpc) is 3.01. The highest BCUT2D eigenvalue weighted by molar-refractivity contribution is 6.02. The maximum atomic E-state index is 13.8. The molecule has 0 radical (unpaired) electrons. The predicted octanol–water partition coefficient (Wildman–Crippen LogP) is 2.82. The van der Waals surface area contributed by atoms with Gasteiger partial charge in [-0.2, -0.15) is 0 Å². The number of nitrogens with two attached hydrogens (primary N) is 1. The first-order valence-electron chi connectivity index (χ1n) is 10.8. The van der Waals surface area contributed by atoms with E-state index in [1.807, 2.05) is 34.6 Å². The maximum Gasteiger partial charge on any atom is 0.329 e. The van der Waals surface area contributed by atoms with Gasteiger partial charge in [-0.15, -0.1) is 0 Å². The summed E-state index contributed by atoms with van der Waals surface area (Å²) in [7, 11) is 3.00. The second kappa shape index (κ2) is 9.48. The molecular weight excluding hydrogens is 412 g/mol. The Bertz CT molecular complexity index is 876. The SMILES string of the molecule is COC[C@H]1C[C@@](CC(C)C)(C(=O)O)N(C(=O)c2ccc(C(C)(C)C)c(OC)c2)[C@H]1C(N)=O. The fourth-order valence-corrected chi connectivity index (χ4v) is 4.88. The number of primary amides is 1. The van der Waals surface area contributed by atoms with Gasteiger partial charge in [0.2, 0.25) is 5.91 Å². The van der Waals surface area contributed by atoms with Gasteiger partial charge in [0.05, 0.1) is 13.7 Å². The lowest BCUT2D eigenvalue weighted by Crippen LogP contribution is -2.59. The molecule has 1 heterocycles. The molecule has 0 saturated carbocycles. The van der Waals surface area contributed by atoms with Gasteiger partial charge >= 0.3 is 5.97 Å². The number of carboxylic acid groups (broad SMARTS) is 1. The first-order chi connectivity index (χ1) is 14.8. The minimum absolute atomic E-state index is 0.0333. The summed E-state index contributed by atoms with van der Waals surface area (Å²) in [4.78, 5) is 40.1. The Labute approximate surface area is 190 Å². The maximum absolute atomic E-state index is 13.8. The van der Waals surface area contributed by atoms with Crippen molar-refractivity contribution in [2.24, 2.45) is 17.6 Å². The Balaban J connectivity index is 2.68. The van der Waals surface area contributed by atoms with Crippen molar-refractivity contribution >= 4 is 17.8 Å². The van der Waals surface area contributed by atoms with Gasteiger partial charge in [0.15, 0.2) is 0 Å². The highest BCUT2D eigenvalue weighted by Crippen LogP contribution is 2.44. The molecule has 1 fully saturated rings. The number of carbonyl (C=O) groups excluding carboxylic acids is 2. The molecule has 178 valence electrons. The topological polar surface area (TPSA) is 119 Å². The number of ether oxygens (including phenoxy) is 2. The van der Waals surface area contributed by atoms with E-state index in [4.69, 9.17) is 15.2 Å². The van der Waals surface area contributed by atoms with Gasteiger partial charge in [-0.1, -0.05) is 40.7 Å². The summed E-state index contributed by atoms with van der Waals surface area (Å²) < 4.78 is 10.8. The first-order valence-corrected chi connectivity index (χ1v) is 10.8. The van der Waals surface area contributed by atoms with E-state index in [9.17, 15) is 19.5 Å². The fourth-order valence-electron chi connectivity index (χ4n) is 4.88. The number of aliphatic carboxylic acids is 1. The Hall–Kier alpha value is -2.61. The van der Waals surface area contributed by atoms with Gasteiger partial charge < -0.3 is 25.2 Å². The molecule has 2 rings (SSSR count). The lowest BCUT2D eigenvalue weighted by Gasteiger charge is -2.38. The summed E-state index contributed by atoms with van der Waals surface area (Å²) in [5.74, 6) is -2.49. The second-order valence-corrected chi connectivity index (χ2v) is 10.0. The molecular formula is C24H36N2O6. The van der Waals surface area contributed by atoms with Crippen molar-refractivity contribution < 1.29 is 29.0 Å². The van der Waals surface area contributed by atoms with Crippen LogP contribution in [0.5, 0.6) is 5.75 Å². The third-order valence-electron chi connectivity index (χ3n) is 6.08. The molecule has 1 aliphatic heterocycles. The third-order valence-corrected chi connectivity index (χ3v) is 6.08. The summed E-state index contributed by atoms with van der Waals surface area (Å²) >= 11 is 0. The van der Waals surface area contributed by atoms with Crippen LogP contribution in [-0.2, 0) is 19.7 Å². The molecule has 0 unspecified atom stereocenters. The molecule has 0 bridgehead atoms. The van der Waals surface area contributed by atoms with Gasteiger partial charge in [0, 0.05) is 18.6 Å². The fraction of sp³-hybridized carbons (Fsp3) is 0.625. The monoisotopic (exact) mass is 448 g/mol. The largest absolute Gasteiger partial charge is 0.496 e. The Morgan fingerprint density at radius 3 is 2.31 bits per heavy atom. The number of amides is 2. The van der Waals surface area contributed by atoms with Crippen molar-refractivity contribution in [1.82, 2.24) is 4.90 Å². The van der Waals surface area contributed by atoms with Crippen molar-refractivity contribution in [1.29, 1.82) is 0 Å². The molecule has 32 heavy (non-hydrogen) atoms. The third kappa shape index (κ3) is 4.75. The van der Waals surface area contributed by atoms with Crippen molar-refractivity contribution in [3.8, 4) is 5.75 Å². The summed E-state index contributed by atoms with van der Waals surface area (Å²) in [5.41, 5.74) is 5.08. The summed E-state index contributed by atoms with van der Waals surface area (Å²) in [5, 5.41) is 10.3. The van der Waals surface area contributed by atoms with Gasteiger partial charge in [0.25, 0.3) is 5.91 Å². The van der Waals surface area contributed by atoms with E-state index in [1.54, 1.807) is 18.2 Å². The Kier molecular flexibility index (Phi) is 7.60. The van der Waals surface area contributed by atoms with Crippen LogP contribution in [0.3, 0.4) is 0 Å². The Morgan fingerprint density at radius 1 is 1.25 bits per heavy atom. The minimum atomic E-state index is -1.57. The normalized spacial score (nSPS) is 23.4. The summed E-state index contributed by atoms with van der Waals surface area (Å²) in [6.45, 7) is 9.99. The summed E-state index contributed by atoms with van der Waals surface area (Å²) in [6, 6.07) is 3.96.